The van der Waals surface area contributed by atoms with Gasteiger partial charge in [0.1, 0.15) is 22.8 Å². The number of furan rings is 1. The topological polar surface area (TPSA) is 124 Å². The van der Waals surface area contributed by atoms with E-state index in [2.05, 4.69) is 11.9 Å². The first-order valence-corrected chi connectivity index (χ1v) is 9.96. The molecule has 0 spiro atoms. The number of nitrogens with one attached hydrogen (secondary N) is 1. The third-order valence-electron chi connectivity index (χ3n) is 4.78. The number of unbranched alkanes of at least 4 members (excludes halogenated alkanes) is 3. The van der Waals surface area contributed by atoms with E-state index in [9.17, 15) is 14.4 Å². The van der Waals surface area contributed by atoms with Gasteiger partial charge in [-0.3, -0.25) is 14.3 Å². The minimum atomic E-state index is -0.553. The number of carbonyl (C=O) groups excluding carboxylic acids is 1. The molecule has 9 nitrogen and oxygen atoms in total. The summed E-state index contributed by atoms with van der Waals surface area (Å²) in [4.78, 5) is 41.0. The highest BCUT2D eigenvalue weighted by Gasteiger charge is 2.23. The number of nitrogens with two attached hydrogens (primary N) is 1. The highest BCUT2D eigenvalue weighted by molar-refractivity contribution is 5.90. The lowest BCUT2D eigenvalue weighted by Crippen LogP contribution is -2.38. The largest absolute Gasteiger partial charge is 0.467 e. The van der Waals surface area contributed by atoms with Crippen molar-refractivity contribution in [1.82, 2.24) is 9.55 Å². The van der Waals surface area contributed by atoms with Gasteiger partial charge in [0.05, 0.1) is 19.9 Å². The van der Waals surface area contributed by atoms with E-state index in [1.54, 1.807) is 4.90 Å². The van der Waals surface area contributed by atoms with Gasteiger partial charge >= 0.3 is 11.7 Å². The van der Waals surface area contributed by atoms with Gasteiger partial charge in [0.2, 0.25) is 0 Å². The summed E-state index contributed by atoms with van der Waals surface area (Å²) in [6.07, 6.45) is 5.83. The Bertz CT molecular complexity index is 928. The van der Waals surface area contributed by atoms with Crippen LogP contribution in [0.25, 0.3) is 0 Å². The molecule has 0 amide bonds. The summed E-state index contributed by atoms with van der Waals surface area (Å²) >= 11 is 0. The van der Waals surface area contributed by atoms with Crippen LogP contribution in [0.15, 0.2) is 26.3 Å². The molecule has 0 radical (unpaired) electrons. The van der Waals surface area contributed by atoms with E-state index in [-0.39, 0.29) is 18.1 Å². The summed E-state index contributed by atoms with van der Waals surface area (Å²) in [6.45, 7) is 5.19. The van der Waals surface area contributed by atoms with Crippen molar-refractivity contribution in [3.63, 3.8) is 0 Å². The van der Waals surface area contributed by atoms with E-state index in [1.807, 2.05) is 6.92 Å². The predicted octanol–water partition coefficient (Wildman–Crippen LogP) is 2.50. The van der Waals surface area contributed by atoms with Gasteiger partial charge in [-0.05, 0) is 18.9 Å². The van der Waals surface area contributed by atoms with Crippen molar-refractivity contribution < 1.29 is 13.9 Å². The molecule has 29 heavy (non-hydrogen) atoms. The number of anilines is 2. The zero-order valence-electron chi connectivity index (χ0n) is 17.3. The van der Waals surface area contributed by atoms with Gasteiger partial charge in [-0.25, -0.2) is 9.59 Å². The van der Waals surface area contributed by atoms with E-state index in [1.165, 1.54) is 24.0 Å². The molecule has 0 atom stereocenters. The molecule has 0 unspecified atom stereocenters. The molecule has 2 rings (SSSR count). The van der Waals surface area contributed by atoms with E-state index in [0.717, 1.165) is 32.1 Å². The molecule has 2 aromatic rings. The number of nitrogen functional groups attached to an aromatic ring is 1. The Balaban J connectivity index is 2.47. The molecule has 0 aliphatic heterocycles. The number of aromatic nitrogens is 2. The third kappa shape index (κ3) is 5.30. The highest BCUT2D eigenvalue weighted by atomic mass is 16.5. The second kappa shape index (κ2) is 10.5. The van der Waals surface area contributed by atoms with Gasteiger partial charge in [-0.2, -0.15) is 0 Å². The van der Waals surface area contributed by atoms with Crippen LogP contribution in [0, 0.1) is 0 Å². The number of hydrogen-bond donors (Lipinski definition) is 2. The molecule has 0 aromatic carbocycles. The van der Waals surface area contributed by atoms with Crippen molar-refractivity contribution in [2.24, 2.45) is 0 Å². The summed E-state index contributed by atoms with van der Waals surface area (Å²) in [5.74, 6) is -0.0228. The summed E-state index contributed by atoms with van der Waals surface area (Å²) in [6, 6.07) is 1.53. The van der Waals surface area contributed by atoms with Crippen LogP contribution < -0.4 is 21.9 Å². The van der Waals surface area contributed by atoms with Crippen LogP contribution in [-0.2, 0) is 17.8 Å². The molecule has 160 valence electrons. The standard InChI is InChI=1S/C20H30N4O5/c1-4-6-8-10-23(13-15-14(9-12-29-15)19(26)28-3)16-17(21)24(11-7-5-2)20(27)22-18(16)25/h9,12H,4-8,10-11,13,21H2,1-3H3,(H,22,25,27). The third-order valence-corrected chi connectivity index (χ3v) is 4.78. The molecule has 0 fully saturated rings. The first kappa shape index (κ1) is 22.3. The van der Waals surface area contributed by atoms with Gasteiger partial charge in [0.15, 0.2) is 0 Å². The molecule has 9 heteroatoms. The maximum absolute atomic E-state index is 12.7. The first-order chi connectivity index (χ1) is 13.9. The van der Waals surface area contributed by atoms with Crippen LogP contribution in [-0.4, -0.2) is 29.2 Å². The SMILES string of the molecule is CCCCCN(Cc1occc1C(=O)OC)c1c(N)n(CCCC)c(=O)[nH]c1=O. The Morgan fingerprint density at radius 1 is 1.24 bits per heavy atom. The normalized spacial score (nSPS) is 10.9. The number of H-pyrrole nitrogens is 1. The number of hydrogen-bond acceptors (Lipinski definition) is 7. The van der Waals surface area contributed by atoms with Crippen molar-refractivity contribution in [3.05, 3.63) is 44.5 Å². The summed E-state index contributed by atoms with van der Waals surface area (Å²) in [5.41, 5.74) is 5.69. The smallest absolute Gasteiger partial charge is 0.341 e. The second-order valence-corrected chi connectivity index (χ2v) is 6.88. The lowest BCUT2D eigenvalue weighted by atomic mass is 10.2. The van der Waals surface area contributed by atoms with Gasteiger partial charge in [-0.1, -0.05) is 33.1 Å². The van der Waals surface area contributed by atoms with E-state index in [4.69, 9.17) is 14.9 Å². The number of carbonyl (C=O) groups is 1. The fourth-order valence-electron chi connectivity index (χ4n) is 3.17. The highest BCUT2D eigenvalue weighted by Crippen LogP contribution is 2.23. The Kier molecular flexibility index (Phi) is 8.11. The summed E-state index contributed by atoms with van der Waals surface area (Å²) in [5, 5.41) is 0. The zero-order valence-corrected chi connectivity index (χ0v) is 17.3. The van der Waals surface area contributed by atoms with Crippen molar-refractivity contribution in [1.29, 1.82) is 0 Å². The van der Waals surface area contributed by atoms with Crippen LogP contribution in [0.4, 0.5) is 11.5 Å². The minimum Gasteiger partial charge on any atom is -0.467 e. The minimum absolute atomic E-state index is 0.120. The molecule has 0 aliphatic rings. The van der Waals surface area contributed by atoms with Crippen molar-refractivity contribution in [2.45, 2.75) is 59.0 Å². The number of esters is 1. The maximum Gasteiger partial charge on any atom is 0.341 e. The van der Waals surface area contributed by atoms with Gasteiger partial charge in [-0.15, -0.1) is 0 Å². The van der Waals surface area contributed by atoms with Gasteiger partial charge in [0, 0.05) is 13.1 Å². The fourth-order valence-corrected chi connectivity index (χ4v) is 3.17. The van der Waals surface area contributed by atoms with Crippen molar-refractivity contribution in [3.8, 4) is 0 Å². The van der Waals surface area contributed by atoms with Crippen LogP contribution in [0.5, 0.6) is 0 Å². The Hall–Kier alpha value is -2.97. The van der Waals surface area contributed by atoms with Crippen LogP contribution in [0.2, 0.25) is 0 Å². The lowest BCUT2D eigenvalue weighted by Gasteiger charge is -2.25. The number of rotatable bonds is 11. The predicted molar refractivity (Wildman–Crippen MR) is 111 cm³/mol. The maximum atomic E-state index is 12.7. The summed E-state index contributed by atoms with van der Waals surface area (Å²) in [7, 11) is 1.30. The molecule has 0 bridgehead atoms. The lowest BCUT2D eigenvalue weighted by molar-refractivity contribution is 0.0598. The average molecular weight is 406 g/mol. The zero-order chi connectivity index (χ0) is 21.4. The second-order valence-electron chi connectivity index (χ2n) is 6.88. The van der Waals surface area contributed by atoms with Crippen molar-refractivity contribution in [2.75, 3.05) is 24.3 Å². The molecular formula is C20H30N4O5. The first-order valence-electron chi connectivity index (χ1n) is 9.96. The van der Waals surface area contributed by atoms with E-state index < -0.39 is 17.2 Å². The van der Waals surface area contributed by atoms with E-state index >= 15 is 0 Å². The summed E-state index contributed by atoms with van der Waals surface area (Å²) < 4.78 is 11.7. The van der Waals surface area contributed by atoms with Crippen LogP contribution in [0.1, 0.15) is 62.1 Å². The molecule has 2 heterocycles. The number of methoxy groups -OCH3 is 1. The van der Waals surface area contributed by atoms with E-state index in [0.29, 0.717) is 24.4 Å². The fraction of sp³-hybridized carbons (Fsp3) is 0.550. The Morgan fingerprint density at radius 2 is 1.97 bits per heavy atom. The molecule has 0 saturated heterocycles. The molecule has 2 aromatic heterocycles. The molecule has 0 aliphatic carbocycles. The Labute approximate surface area is 169 Å². The Morgan fingerprint density at radius 3 is 2.62 bits per heavy atom. The number of nitrogens with zero attached hydrogens (tertiary/aromatic N) is 2. The van der Waals surface area contributed by atoms with Gasteiger partial charge < -0.3 is 19.8 Å². The van der Waals surface area contributed by atoms with Crippen LogP contribution >= 0.6 is 0 Å². The monoisotopic (exact) mass is 406 g/mol. The number of ether oxygens (including phenoxy) is 1. The average Bonchev–Trinajstić information content (AvgIpc) is 3.15. The molecule has 0 saturated carbocycles. The molecule has 3 N–H and O–H groups in total. The molecular weight excluding hydrogens is 376 g/mol. The van der Waals surface area contributed by atoms with Crippen molar-refractivity contribution >= 4 is 17.5 Å². The van der Waals surface area contributed by atoms with Crippen LogP contribution in [0.3, 0.4) is 0 Å². The van der Waals surface area contributed by atoms with Gasteiger partial charge in [0.25, 0.3) is 5.56 Å². The quantitative estimate of drug-likeness (QED) is 0.434. The number of aromatic amines is 1.